The lowest BCUT2D eigenvalue weighted by atomic mass is 10.1. The largest absolute Gasteiger partial charge is 0.494 e. The number of benzene rings is 1. The number of nitrogens with zero attached hydrogens (tertiary/aromatic N) is 5. The normalized spacial score (nSPS) is 11.6. The summed E-state index contributed by atoms with van der Waals surface area (Å²) in [6.45, 7) is 0. The number of nitrogen functional groups attached to an aromatic ring is 1. The predicted molar refractivity (Wildman–Crippen MR) is 90.0 cm³/mol. The molecule has 6 N–H and O–H groups in total. The van der Waals surface area contributed by atoms with Crippen LogP contribution < -0.4 is 22.8 Å². The highest BCUT2D eigenvalue weighted by molar-refractivity contribution is 6.00. The van der Waals surface area contributed by atoms with Crippen LogP contribution >= 0.6 is 0 Å². The van der Waals surface area contributed by atoms with Gasteiger partial charge in [0.05, 0.1) is 11.9 Å². The number of aromatic amines is 1. The minimum Gasteiger partial charge on any atom is -0.494 e. The van der Waals surface area contributed by atoms with Gasteiger partial charge in [0, 0.05) is 12.6 Å². The van der Waals surface area contributed by atoms with Crippen molar-refractivity contribution in [3.05, 3.63) is 56.9 Å². The summed E-state index contributed by atoms with van der Waals surface area (Å²) in [5.41, 5.74) is 5.54. The molecule has 3 aromatic rings. The first kappa shape index (κ1) is 16.0. The van der Waals surface area contributed by atoms with Crippen molar-refractivity contribution in [2.24, 2.45) is 17.8 Å². The number of aromatic nitrogens is 5. The van der Waals surface area contributed by atoms with E-state index >= 15 is 0 Å². The molecule has 0 saturated carbocycles. The van der Waals surface area contributed by atoms with Crippen molar-refractivity contribution in [1.82, 2.24) is 24.7 Å². The van der Waals surface area contributed by atoms with Crippen molar-refractivity contribution >= 4 is 11.5 Å². The molecule has 0 radical (unpaired) electrons. The topological polar surface area (TPSA) is 170 Å². The first-order valence-corrected chi connectivity index (χ1v) is 7.01. The van der Waals surface area contributed by atoms with Crippen molar-refractivity contribution in [1.29, 1.82) is 0 Å². The molecular formula is C14H14N8O3. The van der Waals surface area contributed by atoms with Crippen LogP contribution in [0.25, 0.3) is 11.3 Å². The zero-order chi connectivity index (χ0) is 18.1. The molecule has 11 nitrogen and oxygen atoms in total. The lowest BCUT2D eigenvalue weighted by molar-refractivity contribution is 0.412. The van der Waals surface area contributed by atoms with Gasteiger partial charge in [0.1, 0.15) is 17.1 Å². The van der Waals surface area contributed by atoms with Gasteiger partial charge < -0.3 is 16.7 Å². The molecule has 1 aromatic carbocycles. The average molecular weight is 342 g/mol. The van der Waals surface area contributed by atoms with Crippen molar-refractivity contribution in [3.63, 3.8) is 0 Å². The smallest absolute Gasteiger partial charge is 0.352 e. The van der Waals surface area contributed by atoms with Crippen molar-refractivity contribution in [2.45, 2.75) is 0 Å². The molecule has 0 bridgehead atoms. The molecule has 0 spiro atoms. The Balaban J connectivity index is 2.03. The van der Waals surface area contributed by atoms with Gasteiger partial charge >= 0.3 is 5.69 Å². The standard InChI is InChI=1S/C14H14N8O3/c1-21-12(23)10(13(24)22(16)14(21)25)11(15)18-8-4-2-7(3-5-8)9-6-17-20-19-9/h2-6,23H,16H2,1H3,(H2,15,18)(H,17,19,20). The summed E-state index contributed by atoms with van der Waals surface area (Å²) in [4.78, 5) is 27.8. The van der Waals surface area contributed by atoms with Crippen LogP contribution in [0.15, 0.2) is 45.0 Å². The Morgan fingerprint density at radius 1 is 1.28 bits per heavy atom. The number of hydrogen-bond donors (Lipinski definition) is 4. The second-order valence-electron chi connectivity index (χ2n) is 5.11. The summed E-state index contributed by atoms with van der Waals surface area (Å²) in [6.07, 6.45) is 1.57. The lowest BCUT2D eigenvalue weighted by Gasteiger charge is -2.09. The maximum atomic E-state index is 12.1. The molecular weight excluding hydrogens is 328 g/mol. The third kappa shape index (κ3) is 2.73. The Hall–Kier alpha value is -3.89. The van der Waals surface area contributed by atoms with Gasteiger partial charge in [-0.25, -0.2) is 9.79 Å². The van der Waals surface area contributed by atoms with E-state index < -0.39 is 17.1 Å². The van der Waals surface area contributed by atoms with E-state index in [2.05, 4.69) is 20.4 Å². The molecule has 2 heterocycles. The Morgan fingerprint density at radius 3 is 2.56 bits per heavy atom. The third-order valence-electron chi connectivity index (χ3n) is 3.55. The van der Waals surface area contributed by atoms with E-state index in [4.69, 9.17) is 11.6 Å². The quantitative estimate of drug-likeness (QED) is 0.263. The molecule has 25 heavy (non-hydrogen) atoms. The van der Waals surface area contributed by atoms with Gasteiger partial charge in [-0.3, -0.25) is 9.36 Å². The summed E-state index contributed by atoms with van der Waals surface area (Å²) in [5.74, 6) is 4.51. The SMILES string of the molecule is Cn1c(O)c(C(N)=Nc2ccc(-c3cn[nH]n3)cc2)c(=O)n(N)c1=O. The van der Waals surface area contributed by atoms with E-state index in [1.807, 2.05) is 0 Å². The van der Waals surface area contributed by atoms with Crippen LogP contribution in [0.3, 0.4) is 0 Å². The van der Waals surface area contributed by atoms with Crippen LogP contribution in [0, 0.1) is 0 Å². The summed E-state index contributed by atoms with van der Waals surface area (Å²) >= 11 is 0. The molecule has 11 heteroatoms. The van der Waals surface area contributed by atoms with E-state index in [0.29, 0.717) is 16.1 Å². The van der Waals surface area contributed by atoms with Gasteiger partial charge in [0.2, 0.25) is 5.88 Å². The Kier molecular flexibility index (Phi) is 3.81. The van der Waals surface area contributed by atoms with Crippen LogP contribution in [0.1, 0.15) is 5.56 Å². The van der Waals surface area contributed by atoms with Crippen LogP contribution in [-0.4, -0.2) is 35.6 Å². The zero-order valence-corrected chi connectivity index (χ0v) is 13.0. The Morgan fingerprint density at radius 2 is 1.96 bits per heavy atom. The maximum absolute atomic E-state index is 12.1. The summed E-state index contributed by atoms with van der Waals surface area (Å²) in [5, 5.41) is 20.2. The molecule has 0 fully saturated rings. The summed E-state index contributed by atoms with van der Waals surface area (Å²) < 4.78 is 1.15. The fourth-order valence-corrected chi connectivity index (χ4v) is 2.19. The van der Waals surface area contributed by atoms with Crippen molar-refractivity contribution < 1.29 is 5.11 Å². The minimum absolute atomic E-state index is 0.272. The van der Waals surface area contributed by atoms with E-state index in [9.17, 15) is 14.7 Å². The summed E-state index contributed by atoms with van der Waals surface area (Å²) in [7, 11) is 1.25. The molecule has 3 rings (SSSR count). The number of aliphatic imine (C=N–C) groups is 1. The lowest BCUT2D eigenvalue weighted by Crippen LogP contribution is -2.47. The number of aromatic hydroxyl groups is 1. The molecule has 0 amide bonds. The molecule has 0 aliphatic rings. The van der Waals surface area contributed by atoms with E-state index in [0.717, 1.165) is 10.1 Å². The number of nitrogens with two attached hydrogens (primary N) is 2. The second-order valence-corrected chi connectivity index (χ2v) is 5.11. The first-order valence-electron chi connectivity index (χ1n) is 7.01. The molecule has 128 valence electrons. The van der Waals surface area contributed by atoms with Gasteiger partial charge in [-0.1, -0.05) is 12.1 Å². The van der Waals surface area contributed by atoms with E-state index in [1.54, 1.807) is 30.5 Å². The molecule has 0 saturated heterocycles. The predicted octanol–water partition coefficient (Wildman–Crippen LogP) is -1.21. The average Bonchev–Trinajstić information content (AvgIpc) is 3.14. The highest BCUT2D eigenvalue weighted by Crippen LogP contribution is 2.21. The fourth-order valence-electron chi connectivity index (χ4n) is 2.19. The van der Waals surface area contributed by atoms with Gasteiger partial charge in [0.25, 0.3) is 5.56 Å². The van der Waals surface area contributed by atoms with Crippen molar-refractivity contribution in [2.75, 3.05) is 5.84 Å². The number of hydrogen-bond acceptors (Lipinski definition) is 7. The number of nitrogens with one attached hydrogen (secondary N) is 1. The monoisotopic (exact) mass is 342 g/mol. The third-order valence-corrected chi connectivity index (χ3v) is 3.55. The van der Waals surface area contributed by atoms with Crippen LogP contribution in [0.5, 0.6) is 5.88 Å². The Bertz CT molecular complexity index is 1060. The molecule has 0 aliphatic heterocycles. The van der Waals surface area contributed by atoms with Gasteiger partial charge in [-0.05, 0) is 12.1 Å². The van der Waals surface area contributed by atoms with Gasteiger partial charge in [-0.15, -0.1) is 0 Å². The zero-order valence-electron chi connectivity index (χ0n) is 13.0. The van der Waals surface area contributed by atoms with E-state index in [-0.39, 0.29) is 11.4 Å². The second kappa shape index (κ2) is 5.96. The molecule has 0 atom stereocenters. The first-order chi connectivity index (χ1) is 11.9. The van der Waals surface area contributed by atoms with Crippen molar-refractivity contribution in [3.8, 4) is 17.1 Å². The van der Waals surface area contributed by atoms with Gasteiger partial charge in [0.15, 0.2) is 0 Å². The molecule has 0 unspecified atom stereocenters. The highest BCUT2D eigenvalue weighted by atomic mass is 16.3. The number of rotatable bonds is 3. The summed E-state index contributed by atoms with van der Waals surface area (Å²) in [6, 6.07) is 6.78. The number of H-pyrrole nitrogens is 1. The number of amidine groups is 1. The molecule has 0 aliphatic carbocycles. The molecule has 2 aromatic heterocycles. The van der Waals surface area contributed by atoms with E-state index in [1.165, 1.54) is 7.05 Å². The maximum Gasteiger partial charge on any atom is 0.352 e. The van der Waals surface area contributed by atoms with Crippen LogP contribution in [0.2, 0.25) is 0 Å². The van der Waals surface area contributed by atoms with Crippen LogP contribution in [0.4, 0.5) is 5.69 Å². The Labute approximate surface area is 139 Å². The highest BCUT2D eigenvalue weighted by Gasteiger charge is 2.18. The minimum atomic E-state index is -0.943. The fraction of sp³-hybridized carbons (Fsp3) is 0.0714. The van der Waals surface area contributed by atoms with Gasteiger partial charge in [-0.2, -0.15) is 20.1 Å². The van der Waals surface area contributed by atoms with Crippen LogP contribution in [-0.2, 0) is 7.05 Å².